The van der Waals surface area contributed by atoms with E-state index in [0.29, 0.717) is 6.54 Å². The molecule has 6 heteroatoms. The van der Waals surface area contributed by atoms with Gasteiger partial charge in [0.15, 0.2) is 0 Å². The second kappa shape index (κ2) is 7.76. The molecule has 1 atom stereocenters. The number of thiazole rings is 1. The Bertz CT molecular complexity index is 381. The van der Waals surface area contributed by atoms with Crippen LogP contribution in [0.5, 0.6) is 0 Å². The van der Waals surface area contributed by atoms with Crippen LogP contribution in [0.15, 0.2) is 6.20 Å². The third-order valence-electron chi connectivity index (χ3n) is 2.65. The van der Waals surface area contributed by atoms with E-state index in [9.17, 15) is 4.79 Å². The minimum atomic E-state index is -0.395. The summed E-state index contributed by atoms with van der Waals surface area (Å²) in [6.45, 7) is 2.65. The molecular formula is C12H21N3OS2. The normalized spacial score (nSPS) is 12.4. The molecule has 1 aromatic heterocycles. The van der Waals surface area contributed by atoms with Gasteiger partial charge in [-0.05, 0) is 24.9 Å². The van der Waals surface area contributed by atoms with Crippen LogP contribution < -0.4 is 5.73 Å². The van der Waals surface area contributed by atoms with Gasteiger partial charge < -0.3 is 10.6 Å². The van der Waals surface area contributed by atoms with Gasteiger partial charge in [0.25, 0.3) is 0 Å². The van der Waals surface area contributed by atoms with E-state index in [1.54, 1.807) is 35.0 Å². The molecule has 0 fully saturated rings. The summed E-state index contributed by atoms with van der Waals surface area (Å²) in [7, 11) is 1.79. The van der Waals surface area contributed by atoms with Crippen molar-refractivity contribution in [3.8, 4) is 0 Å². The van der Waals surface area contributed by atoms with Crippen LogP contribution in [0, 0.1) is 0 Å². The van der Waals surface area contributed by atoms with Crippen LogP contribution in [0.4, 0.5) is 0 Å². The number of nitrogens with two attached hydrogens (primary N) is 1. The fourth-order valence-corrected chi connectivity index (χ4v) is 2.92. The fraction of sp³-hybridized carbons (Fsp3) is 0.667. The molecule has 0 aromatic carbocycles. The molecule has 0 aliphatic rings. The number of amides is 1. The Kier molecular flexibility index (Phi) is 6.67. The average Bonchev–Trinajstić information content (AvgIpc) is 2.82. The van der Waals surface area contributed by atoms with Crippen molar-refractivity contribution in [2.24, 2.45) is 5.73 Å². The number of hydrogen-bond acceptors (Lipinski definition) is 5. The maximum atomic E-state index is 12.0. The first-order valence-corrected chi connectivity index (χ1v) is 8.22. The summed E-state index contributed by atoms with van der Waals surface area (Å²) in [5.41, 5.74) is 5.87. The van der Waals surface area contributed by atoms with E-state index in [-0.39, 0.29) is 5.91 Å². The number of carbonyl (C=O) groups excluding carboxylic acids is 1. The Morgan fingerprint density at radius 2 is 2.39 bits per heavy atom. The first-order valence-electron chi connectivity index (χ1n) is 6.01. The summed E-state index contributed by atoms with van der Waals surface area (Å²) in [6, 6.07) is -0.395. The Labute approximate surface area is 117 Å². The largest absolute Gasteiger partial charge is 0.338 e. The number of nitrogens with zero attached hydrogens (tertiary/aromatic N) is 2. The molecule has 0 unspecified atom stereocenters. The lowest BCUT2D eigenvalue weighted by Crippen LogP contribution is -2.41. The third-order valence-corrected chi connectivity index (χ3v) is 4.42. The van der Waals surface area contributed by atoms with Crippen LogP contribution in [0.2, 0.25) is 0 Å². The molecule has 1 rings (SSSR count). The van der Waals surface area contributed by atoms with Gasteiger partial charge in [-0.25, -0.2) is 4.98 Å². The molecule has 0 saturated carbocycles. The van der Waals surface area contributed by atoms with Crippen molar-refractivity contribution in [2.45, 2.75) is 32.4 Å². The van der Waals surface area contributed by atoms with Gasteiger partial charge in [0.05, 0.1) is 12.6 Å². The van der Waals surface area contributed by atoms with E-state index in [1.807, 2.05) is 12.5 Å². The number of aryl methyl sites for hydroxylation is 1. The average molecular weight is 287 g/mol. The standard InChI is InChI=1S/C12H21N3OS2/c1-4-9-7-14-11(18-9)8-15(2)12(16)10(13)5-6-17-3/h7,10H,4-6,8,13H2,1-3H3/t10-/m0/s1. The molecule has 0 aliphatic carbocycles. The number of aromatic nitrogens is 1. The molecule has 1 amide bonds. The topological polar surface area (TPSA) is 59.2 Å². The number of carbonyl (C=O) groups is 1. The first-order chi connectivity index (χ1) is 8.58. The summed E-state index contributed by atoms with van der Waals surface area (Å²) >= 11 is 3.37. The lowest BCUT2D eigenvalue weighted by Gasteiger charge is -2.20. The molecule has 4 nitrogen and oxygen atoms in total. The highest BCUT2D eigenvalue weighted by Crippen LogP contribution is 2.15. The molecule has 102 valence electrons. The van der Waals surface area contributed by atoms with Crippen LogP contribution >= 0.6 is 23.1 Å². The Hall–Kier alpha value is -0.590. The van der Waals surface area contributed by atoms with Gasteiger partial charge in [0.2, 0.25) is 5.91 Å². The predicted octanol–water partition coefficient (Wildman–Crippen LogP) is 1.74. The highest BCUT2D eigenvalue weighted by Gasteiger charge is 2.18. The maximum absolute atomic E-state index is 12.0. The highest BCUT2D eigenvalue weighted by molar-refractivity contribution is 7.98. The summed E-state index contributed by atoms with van der Waals surface area (Å²) in [4.78, 5) is 19.2. The minimum Gasteiger partial charge on any atom is -0.338 e. The molecule has 0 bridgehead atoms. The Balaban J connectivity index is 2.48. The van der Waals surface area contributed by atoms with Crippen LogP contribution in [0.1, 0.15) is 23.2 Å². The zero-order valence-electron chi connectivity index (χ0n) is 11.2. The van der Waals surface area contributed by atoms with E-state index in [0.717, 1.165) is 23.6 Å². The Morgan fingerprint density at radius 1 is 1.67 bits per heavy atom. The minimum absolute atomic E-state index is 0.00250. The van der Waals surface area contributed by atoms with Crippen molar-refractivity contribution in [1.82, 2.24) is 9.88 Å². The van der Waals surface area contributed by atoms with Crippen molar-refractivity contribution in [3.05, 3.63) is 16.1 Å². The molecule has 0 saturated heterocycles. The number of rotatable bonds is 7. The number of thioether (sulfide) groups is 1. The number of likely N-dealkylation sites (N-methyl/N-ethyl adjacent to an activating group) is 1. The second-order valence-corrected chi connectivity index (χ2v) is 6.34. The Morgan fingerprint density at radius 3 is 2.94 bits per heavy atom. The van der Waals surface area contributed by atoms with Gasteiger partial charge in [0, 0.05) is 18.1 Å². The predicted molar refractivity (Wildman–Crippen MR) is 78.9 cm³/mol. The van der Waals surface area contributed by atoms with Crippen molar-refractivity contribution in [2.75, 3.05) is 19.1 Å². The van der Waals surface area contributed by atoms with Crippen molar-refractivity contribution >= 4 is 29.0 Å². The van der Waals surface area contributed by atoms with E-state index >= 15 is 0 Å². The summed E-state index contributed by atoms with van der Waals surface area (Å²) in [5.74, 6) is 0.912. The van der Waals surface area contributed by atoms with Gasteiger partial charge in [-0.1, -0.05) is 6.92 Å². The molecular weight excluding hydrogens is 266 g/mol. The van der Waals surface area contributed by atoms with Gasteiger partial charge >= 0.3 is 0 Å². The van der Waals surface area contributed by atoms with Gasteiger partial charge in [-0.15, -0.1) is 11.3 Å². The second-order valence-electron chi connectivity index (χ2n) is 4.16. The third kappa shape index (κ3) is 4.59. The molecule has 0 spiro atoms. The summed E-state index contributed by atoms with van der Waals surface area (Å²) in [5, 5.41) is 0.972. The van der Waals surface area contributed by atoms with Crippen molar-refractivity contribution in [3.63, 3.8) is 0 Å². The summed E-state index contributed by atoms with van der Waals surface area (Å²) < 4.78 is 0. The molecule has 18 heavy (non-hydrogen) atoms. The molecule has 0 radical (unpaired) electrons. The molecule has 2 N–H and O–H groups in total. The zero-order valence-corrected chi connectivity index (χ0v) is 12.8. The maximum Gasteiger partial charge on any atom is 0.239 e. The lowest BCUT2D eigenvalue weighted by molar-refractivity contribution is -0.131. The fourth-order valence-electron chi connectivity index (χ4n) is 1.52. The van der Waals surface area contributed by atoms with Crippen molar-refractivity contribution in [1.29, 1.82) is 0 Å². The lowest BCUT2D eigenvalue weighted by atomic mass is 10.2. The zero-order chi connectivity index (χ0) is 13.5. The quantitative estimate of drug-likeness (QED) is 0.830. The monoisotopic (exact) mass is 287 g/mol. The highest BCUT2D eigenvalue weighted by atomic mass is 32.2. The number of hydrogen-bond donors (Lipinski definition) is 1. The summed E-state index contributed by atoms with van der Waals surface area (Å²) in [6.07, 6.45) is 5.61. The molecule has 1 aromatic rings. The van der Waals surface area contributed by atoms with E-state index in [2.05, 4.69) is 11.9 Å². The first kappa shape index (κ1) is 15.5. The smallest absolute Gasteiger partial charge is 0.239 e. The van der Waals surface area contributed by atoms with E-state index in [1.165, 1.54) is 4.88 Å². The van der Waals surface area contributed by atoms with E-state index < -0.39 is 6.04 Å². The van der Waals surface area contributed by atoms with Gasteiger partial charge in [-0.3, -0.25) is 4.79 Å². The van der Waals surface area contributed by atoms with Crippen LogP contribution in [0.25, 0.3) is 0 Å². The van der Waals surface area contributed by atoms with Gasteiger partial charge in [-0.2, -0.15) is 11.8 Å². The van der Waals surface area contributed by atoms with Crippen molar-refractivity contribution < 1.29 is 4.79 Å². The molecule has 1 heterocycles. The van der Waals surface area contributed by atoms with Gasteiger partial charge in [0.1, 0.15) is 5.01 Å². The molecule has 0 aliphatic heterocycles. The SMILES string of the molecule is CCc1cnc(CN(C)C(=O)[C@@H](N)CCSC)s1. The van der Waals surface area contributed by atoms with Crippen LogP contribution in [-0.2, 0) is 17.8 Å². The van der Waals surface area contributed by atoms with Crippen LogP contribution in [-0.4, -0.2) is 40.9 Å². The van der Waals surface area contributed by atoms with E-state index in [4.69, 9.17) is 5.73 Å². The van der Waals surface area contributed by atoms with Crippen LogP contribution in [0.3, 0.4) is 0 Å².